The van der Waals surface area contributed by atoms with Crippen LogP contribution < -0.4 is 10.6 Å². The monoisotopic (exact) mass is 274 g/mol. The molecule has 1 amide bonds. The van der Waals surface area contributed by atoms with Gasteiger partial charge in [-0.15, -0.1) is 11.8 Å². The molecule has 4 nitrogen and oxygen atoms in total. The molecule has 1 rings (SSSR count). The fourth-order valence-electron chi connectivity index (χ4n) is 2.12. The van der Waals surface area contributed by atoms with Crippen molar-refractivity contribution < 1.29 is 9.90 Å². The van der Waals surface area contributed by atoms with E-state index in [2.05, 4.69) is 24.5 Å². The van der Waals surface area contributed by atoms with Crippen molar-refractivity contribution in [2.24, 2.45) is 5.92 Å². The summed E-state index contributed by atoms with van der Waals surface area (Å²) in [7, 11) is 0. The third-order valence-corrected chi connectivity index (χ3v) is 4.70. The lowest BCUT2D eigenvalue weighted by Crippen LogP contribution is -2.40. The molecule has 0 aromatic carbocycles. The minimum absolute atomic E-state index is 0.0936. The predicted octanol–water partition coefficient (Wildman–Crippen LogP) is 0.995. The minimum Gasteiger partial charge on any atom is -0.396 e. The predicted molar refractivity (Wildman–Crippen MR) is 76.8 cm³/mol. The average Bonchev–Trinajstić information content (AvgIpc) is 2.37. The summed E-state index contributed by atoms with van der Waals surface area (Å²) in [6, 6.07) is 0.0936. The van der Waals surface area contributed by atoms with E-state index >= 15 is 0 Å². The van der Waals surface area contributed by atoms with Crippen LogP contribution in [-0.4, -0.2) is 47.8 Å². The smallest absolute Gasteiger partial charge is 0.230 e. The van der Waals surface area contributed by atoms with Gasteiger partial charge in [0.15, 0.2) is 0 Å². The highest BCUT2D eigenvalue weighted by molar-refractivity contribution is 8.00. The molecule has 0 aromatic rings. The molecule has 18 heavy (non-hydrogen) atoms. The summed E-state index contributed by atoms with van der Waals surface area (Å²) in [5, 5.41) is 15.9. The molecule has 0 aliphatic carbocycles. The van der Waals surface area contributed by atoms with Crippen molar-refractivity contribution in [1.82, 2.24) is 10.6 Å². The van der Waals surface area contributed by atoms with E-state index in [9.17, 15) is 4.79 Å². The molecule has 5 heteroatoms. The number of amides is 1. The lowest BCUT2D eigenvalue weighted by Gasteiger charge is -2.24. The molecular formula is C13H26N2O2S. The molecule has 0 spiro atoms. The van der Waals surface area contributed by atoms with Crippen LogP contribution in [0.25, 0.3) is 0 Å². The maximum absolute atomic E-state index is 11.8. The first-order valence-corrected chi connectivity index (χ1v) is 7.91. The summed E-state index contributed by atoms with van der Waals surface area (Å²) in [6.07, 6.45) is 2.95. The highest BCUT2D eigenvalue weighted by Crippen LogP contribution is 2.19. The molecular weight excluding hydrogens is 248 g/mol. The standard InChI is InChI=1S/C13H26N2O2S/c1-10(2)12(5-8-16)15-13(17)9-18-11-3-6-14-7-4-11/h10-12,14,16H,3-9H2,1-2H3,(H,15,17). The molecule has 1 heterocycles. The van der Waals surface area contributed by atoms with Crippen molar-refractivity contribution in [1.29, 1.82) is 0 Å². The van der Waals surface area contributed by atoms with Crippen molar-refractivity contribution in [2.45, 2.75) is 44.4 Å². The van der Waals surface area contributed by atoms with Gasteiger partial charge in [0.1, 0.15) is 0 Å². The second-order valence-corrected chi connectivity index (χ2v) is 6.48. The average molecular weight is 274 g/mol. The van der Waals surface area contributed by atoms with E-state index in [1.165, 1.54) is 0 Å². The van der Waals surface area contributed by atoms with Crippen LogP contribution in [0.5, 0.6) is 0 Å². The van der Waals surface area contributed by atoms with Crippen molar-refractivity contribution in [3.63, 3.8) is 0 Å². The van der Waals surface area contributed by atoms with Crippen LogP contribution in [0.2, 0.25) is 0 Å². The maximum Gasteiger partial charge on any atom is 0.230 e. The van der Waals surface area contributed by atoms with Gasteiger partial charge >= 0.3 is 0 Å². The van der Waals surface area contributed by atoms with Crippen LogP contribution in [0.4, 0.5) is 0 Å². The van der Waals surface area contributed by atoms with Crippen molar-refractivity contribution in [2.75, 3.05) is 25.4 Å². The van der Waals surface area contributed by atoms with Crippen LogP contribution in [0.15, 0.2) is 0 Å². The Hall–Kier alpha value is -0.260. The number of carbonyl (C=O) groups excluding carboxylic acids is 1. The van der Waals surface area contributed by atoms with Crippen molar-refractivity contribution in [3.05, 3.63) is 0 Å². The first kappa shape index (κ1) is 15.8. The van der Waals surface area contributed by atoms with Crippen LogP contribution in [0.1, 0.15) is 33.1 Å². The Morgan fingerprint density at radius 2 is 2.11 bits per heavy atom. The van der Waals surface area contributed by atoms with Crippen molar-refractivity contribution in [3.8, 4) is 0 Å². The molecule has 1 aliphatic rings. The van der Waals surface area contributed by atoms with E-state index in [1.807, 2.05) is 0 Å². The van der Waals surface area contributed by atoms with E-state index in [0.717, 1.165) is 25.9 Å². The number of piperidine rings is 1. The summed E-state index contributed by atoms with van der Waals surface area (Å²) >= 11 is 1.76. The van der Waals surface area contributed by atoms with Crippen LogP contribution in [0.3, 0.4) is 0 Å². The minimum atomic E-state index is 0.0936. The van der Waals surface area contributed by atoms with Gasteiger partial charge in [-0.05, 0) is 38.3 Å². The van der Waals surface area contributed by atoms with Crippen molar-refractivity contribution >= 4 is 17.7 Å². The number of aliphatic hydroxyl groups is 1. The van der Waals surface area contributed by atoms with Crippen LogP contribution in [-0.2, 0) is 4.79 Å². The highest BCUT2D eigenvalue weighted by Gasteiger charge is 2.18. The Bertz CT molecular complexity index is 243. The third kappa shape index (κ3) is 6.07. The summed E-state index contributed by atoms with van der Waals surface area (Å²) in [5.41, 5.74) is 0. The topological polar surface area (TPSA) is 61.4 Å². The van der Waals surface area contributed by atoms with Gasteiger partial charge in [0.25, 0.3) is 0 Å². The molecule has 1 fully saturated rings. The SMILES string of the molecule is CC(C)C(CCO)NC(=O)CSC1CCNCC1. The van der Waals surface area contributed by atoms with E-state index in [1.54, 1.807) is 11.8 Å². The molecule has 0 saturated carbocycles. The zero-order valence-electron chi connectivity index (χ0n) is 11.4. The number of carbonyl (C=O) groups is 1. The van der Waals surface area contributed by atoms with Gasteiger partial charge in [-0.3, -0.25) is 4.79 Å². The van der Waals surface area contributed by atoms with Gasteiger partial charge in [0.05, 0.1) is 5.75 Å². The number of hydrogen-bond acceptors (Lipinski definition) is 4. The fourth-order valence-corrected chi connectivity index (χ4v) is 3.15. The first-order valence-electron chi connectivity index (χ1n) is 6.86. The number of nitrogens with one attached hydrogen (secondary N) is 2. The summed E-state index contributed by atoms with van der Waals surface area (Å²) in [6.45, 7) is 6.41. The van der Waals surface area contributed by atoms with Gasteiger partial charge in [-0.25, -0.2) is 0 Å². The lowest BCUT2D eigenvalue weighted by molar-refractivity contribution is -0.119. The number of aliphatic hydroxyl groups excluding tert-OH is 1. The Morgan fingerprint density at radius 1 is 1.44 bits per heavy atom. The zero-order valence-corrected chi connectivity index (χ0v) is 12.3. The highest BCUT2D eigenvalue weighted by atomic mass is 32.2. The summed E-state index contributed by atoms with van der Waals surface area (Å²) < 4.78 is 0. The van der Waals surface area contributed by atoms with Gasteiger partial charge in [0.2, 0.25) is 5.91 Å². The van der Waals surface area contributed by atoms with Gasteiger partial charge < -0.3 is 15.7 Å². The zero-order chi connectivity index (χ0) is 13.4. The lowest BCUT2D eigenvalue weighted by atomic mass is 10.0. The molecule has 3 N–H and O–H groups in total. The molecule has 1 atom stereocenters. The van der Waals surface area contributed by atoms with Crippen LogP contribution in [0, 0.1) is 5.92 Å². The van der Waals surface area contributed by atoms with Gasteiger partial charge in [-0.1, -0.05) is 13.8 Å². The molecule has 0 aromatic heterocycles. The summed E-state index contributed by atoms with van der Waals surface area (Å²) in [5.74, 6) is 1.01. The molecule has 1 aliphatic heterocycles. The van der Waals surface area contributed by atoms with E-state index in [4.69, 9.17) is 5.11 Å². The van der Waals surface area contributed by atoms with E-state index in [0.29, 0.717) is 23.3 Å². The quantitative estimate of drug-likeness (QED) is 0.648. The molecule has 0 radical (unpaired) electrons. The second kappa shape index (κ2) is 8.77. The first-order chi connectivity index (χ1) is 8.63. The Balaban J connectivity index is 2.22. The molecule has 1 unspecified atom stereocenters. The van der Waals surface area contributed by atoms with Gasteiger partial charge in [-0.2, -0.15) is 0 Å². The van der Waals surface area contributed by atoms with Crippen LogP contribution >= 0.6 is 11.8 Å². The normalized spacial score (nSPS) is 18.9. The molecule has 1 saturated heterocycles. The maximum atomic E-state index is 11.8. The molecule has 106 valence electrons. The largest absolute Gasteiger partial charge is 0.396 e. The second-order valence-electron chi connectivity index (χ2n) is 5.19. The Kier molecular flexibility index (Phi) is 7.70. The Morgan fingerprint density at radius 3 is 2.67 bits per heavy atom. The number of hydrogen-bond donors (Lipinski definition) is 3. The van der Waals surface area contributed by atoms with E-state index in [-0.39, 0.29) is 18.6 Å². The number of rotatable bonds is 7. The Labute approximate surface area is 114 Å². The molecule has 0 bridgehead atoms. The van der Waals surface area contributed by atoms with Gasteiger partial charge in [0, 0.05) is 17.9 Å². The number of thioether (sulfide) groups is 1. The fraction of sp³-hybridized carbons (Fsp3) is 0.923. The third-order valence-electron chi connectivity index (χ3n) is 3.33. The summed E-state index contributed by atoms with van der Waals surface area (Å²) in [4.78, 5) is 11.8. The van der Waals surface area contributed by atoms with E-state index < -0.39 is 0 Å².